The van der Waals surface area contributed by atoms with Crippen molar-refractivity contribution >= 4 is 17.4 Å². The molecule has 0 aromatic carbocycles. The Morgan fingerprint density at radius 1 is 1.38 bits per heavy atom. The van der Waals surface area contributed by atoms with Gasteiger partial charge in [0.25, 0.3) is 5.78 Å². The van der Waals surface area contributed by atoms with Gasteiger partial charge in [-0.25, -0.2) is 4.98 Å². The average Bonchev–Trinajstić information content (AvgIpc) is 2.60. The Labute approximate surface area is 99.7 Å². The monoisotopic (exact) mass is 238 g/mol. The zero-order valence-electron chi connectivity index (χ0n) is 9.74. The standard InChI is InChI=1S/C11H15ClN4/c1-4-10-14-11-13-8(5-7(2)3)6-9(12)16(11)15-10/h6-7H,4-5H2,1-3H3. The Bertz CT molecular complexity index is 504. The molecule has 0 bridgehead atoms. The second kappa shape index (κ2) is 4.37. The van der Waals surface area contributed by atoms with Crippen LogP contribution in [0.2, 0.25) is 5.15 Å². The van der Waals surface area contributed by atoms with Gasteiger partial charge in [0.1, 0.15) is 5.15 Å². The SMILES string of the molecule is CCc1nc2nc(CC(C)C)cc(Cl)n2n1. The maximum Gasteiger partial charge on any atom is 0.254 e. The summed E-state index contributed by atoms with van der Waals surface area (Å²) in [5.41, 5.74) is 0.975. The molecule has 2 heterocycles. The van der Waals surface area contributed by atoms with Crippen molar-refractivity contribution in [3.63, 3.8) is 0 Å². The van der Waals surface area contributed by atoms with Crippen LogP contribution in [0.15, 0.2) is 6.07 Å². The lowest BCUT2D eigenvalue weighted by Crippen LogP contribution is -2.01. The predicted octanol–water partition coefficient (Wildman–Crippen LogP) is 2.54. The number of rotatable bonds is 3. The van der Waals surface area contributed by atoms with Crippen LogP contribution >= 0.6 is 11.6 Å². The Morgan fingerprint density at radius 3 is 2.75 bits per heavy atom. The lowest BCUT2D eigenvalue weighted by molar-refractivity contribution is 0.634. The first-order valence-corrected chi connectivity index (χ1v) is 5.89. The average molecular weight is 239 g/mol. The molecule has 0 aliphatic carbocycles. The van der Waals surface area contributed by atoms with Crippen LogP contribution in [0, 0.1) is 5.92 Å². The van der Waals surface area contributed by atoms with Crippen molar-refractivity contribution < 1.29 is 0 Å². The number of hydrogen-bond acceptors (Lipinski definition) is 3. The summed E-state index contributed by atoms with van der Waals surface area (Å²) in [6, 6.07) is 1.86. The Morgan fingerprint density at radius 2 is 2.12 bits per heavy atom. The number of hydrogen-bond donors (Lipinski definition) is 0. The summed E-state index contributed by atoms with van der Waals surface area (Å²) in [4.78, 5) is 8.77. The van der Waals surface area contributed by atoms with Crippen LogP contribution in [0.25, 0.3) is 5.78 Å². The largest absolute Gasteiger partial charge is 0.254 e. The minimum Gasteiger partial charge on any atom is -0.216 e. The Balaban J connectivity index is 2.48. The topological polar surface area (TPSA) is 43.1 Å². The van der Waals surface area contributed by atoms with Crippen molar-refractivity contribution in [2.45, 2.75) is 33.6 Å². The van der Waals surface area contributed by atoms with Gasteiger partial charge in [0.2, 0.25) is 0 Å². The summed E-state index contributed by atoms with van der Waals surface area (Å²) in [6.07, 6.45) is 1.70. The van der Waals surface area contributed by atoms with Crippen LogP contribution in [-0.4, -0.2) is 19.6 Å². The van der Waals surface area contributed by atoms with Gasteiger partial charge in [-0.3, -0.25) is 0 Å². The summed E-state index contributed by atoms with van der Waals surface area (Å²) >= 11 is 6.14. The molecule has 0 aliphatic rings. The van der Waals surface area contributed by atoms with Crippen LogP contribution in [-0.2, 0) is 12.8 Å². The predicted molar refractivity (Wildman–Crippen MR) is 63.7 cm³/mol. The van der Waals surface area contributed by atoms with Crippen molar-refractivity contribution in [2.24, 2.45) is 5.92 Å². The number of halogens is 1. The molecule has 0 radical (unpaired) electrons. The van der Waals surface area contributed by atoms with Gasteiger partial charge in [-0.15, -0.1) is 5.10 Å². The molecule has 4 nitrogen and oxygen atoms in total. The number of fused-ring (bicyclic) bond motifs is 1. The molecule has 2 rings (SSSR count). The van der Waals surface area contributed by atoms with Crippen LogP contribution < -0.4 is 0 Å². The smallest absolute Gasteiger partial charge is 0.216 e. The van der Waals surface area contributed by atoms with E-state index in [9.17, 15) is 0 Å². The van der Waals surface area contributed by atoms with Gasteiger partial charge < -0.3 is 0 Å². The molecule has 0 fully saturated rings. The molecule has 5 heteroatoms. The Hall–Kier alpha value is -1.16. The summed E-state index contributed by atoms with van der Waals surface area (Å²) in [6.45, 7) is 6.32. The molecule has 0 saturated carbocycles. The van der Waals surface area contributed by atoms with Gasteiger partial charge >= 0.3 is 0 Å². The second-order valence-corrected chi connectivity index (χ2v) is 4.65. The molecule has 0 amide bonds. The zero-order valence-corrected chi connectivity index (χ0v) is 10.5. The molecule has 0 unspecified atom stereocenters. The molecule has 0 saturated heterocycles. The van der Waals surface area contributed by atoms with E-state index in [4.69, 9.17) is 11.6 Å². The highest BCUT2D eigenvalue weighted by Gasteiger charge is 2.09. The van der Waals surface area contributed by atoms with E-state index in [-0.39, 0.29) is 0 Å². The van der Waals surface area contributed by atoms with Gasteiger partial charge in [0.05, 0.1) is 0 Å². The quantitative estimate of drug-likeness (QED) is 0.772. The fraction of sp³-hybridized carbons (Fsp3) is 0.545. The molecule has 2 aromatic rings. The van der Waals surface area contributed by atoms with Gasteiger partial charge in [-0.2, -0.15) is 9.50 Å². The molecular formula is C11H15ClN4. The third-order valence-electron chi connectivity index (χ3n) is 2.30. The second-order valence-electron chi connectivity index (χ2n) is 4.26. The van der Waals surface area contributed by atoms with E-state index < -0.39 is 0 Å². The van der Waals surface area contributed by atoms with Crippen LogP contribution in [0.3, 0.4) is 0 Å². The van der Waals surface area contributed by atoms with Gasteiger partial charge in [-0.05, 0) is 18.4 Å². The van der Waals surface area contributed by atoms with E-state index in [1.54, 1.807) is 4.52 Å². The molecule has 0 atom stereocenters. The summed E-state index contributed by atoms with van der Waals surface area (Å²) < 4.78 is 1.59. The molecule has 2 aromatic heterocycles. The lowest BCUT2D eigenvalue weighted by atomic mass is 10.1. The number of aryl methyl sites for hydroxylation is 1. The van der Waals surface area contributed by atoms with E-state index in [1.165, 1.54) is 0 Å². The highest BCUT2D eigenvalue weighted by atomic mass is 35.5. The molecule has 0 spiro atoms. The maximum atomic E-state index is 6.14. The third kappa shape index (κ3) is 2.16. The highest BCUT2D eigenvalue weighted by molar-refractivity contribution is 6.29. The first-order valence-electron chi connectivity index (χ1n) is 5.51. The van der Waals surface area contributed by atoms with Crippen LogP contribution in [0.1, 0.15) is 32.3 Å². The van der Waals surface area contributed by atoms with E-state index in [0.717, 1.165) is 24.4 Å². The third-order valence-corrected chi connectivity index (χ3v) is 2.57. The van der Waals surface area contributed by atoms with Crippen LogP contribution in [0.5, 0.6) is 0 Å². The van der Waals surface area contributed by atoms with Gasteiger partial charge in [-0.1, -0.05) is 32.4 Å². The van der Waals surface area contributed by atoms with Crippen molar-refractivity contribution in [2.75, 3.05) is 0 Å². The minimum atomic E-state index is 0.555. The van der Waals surface area contributed by atoms with E-state index in [2.05, 4.69) is 28.9 Å². The van der Waals surface area contributed by atoms with Gasteiger partial charge in [0.15, 0.2) is 5.82 Å². The minimum absolute atomic E-state index is 0.555. The van der Waals surface area contributed by atoms with E-state index >= 15 is 0 Å². The van der Waals surface area contributed by atoms with Crippen molar-refractivity contribution in [1.29, 1.82) is 0 Å². The molecule has 0 N–H and O–H groups in total. The number of nitrogens with zero attached hydrogens (tertiary/aromatic N) is 4. The molecule has 16 heavy (non-hydrogen) atoms. The molecule has 86 valence electrons. The van der Waals surface area contributed by atoms with Crippen LogP contribution in [0.4, 0.5) is 0 Å². The lowest BCUT2D eigenvalue weighted by Gasteiger charge is -2.04. The molecular weight excluding hydrogens is 224 g/mol. The van der Waals surface area contributed by atoms with Gasteiger partial charge in [0, 0.05) is 12.1 Å². The van der Waals surface area contributed by atoms with Crippen molar-refractivity contribution in [3.8, 4) is 0 Å². The fourth-order valence-corrected chi connectivity index (χ4v) is 1.83. The summed E-state index contributed by atoms with van der Waals surface area (Å²) in [7, 11) is 0. The fourth-order valence-electron chi connectivity index (χ4n) is 1.59. The summed E-state index contributed by atoms with van der Waals surface area (Å²) in [5, 5.41) is 4.84. The van der Waals surface area contributed by atoms with E-state index in [0.29, 0.717) is 16.8 Å². The summed E-state index contributed by atoms with van der Waals surface area (Å²) in [5.74, 6) is 1.93. The molecule has 0 aliphatic heterocycles. The van der Waals surface area contributed by atoms with Crippen molar-refractivity contribution in [3.05, 3.63) is 22.7 Å². The Kier molecular flexibility index (Phi) is 3.10. The first-order chi connectivity index (χ1) is 7.60. The number of aromatic nitrogens is 4. The first kappa shape index (κ1) is 11.3. The van der Waals surface area contributed by atoms with Crippen molar-refractivity contribution in [1.82, 2.24) is 19.6 Å². The normalized spacial score (nSPS) is 11.6. The highest BCUT2D eigenvalue weighted by Crippen LogP contribution is 2.14. The zero-order chi connectivity index (χ0) is 11.7. The maximum absolute atomic E-state index is 6.14. The van der Waals surface area contributed by atoms with E-state index in [1.807, 2.05) is 13.0 Å².